The number of nitrogens with one attached hydrogen (secondary N) is 2. The number of amides is 2. The zero-order valence-corrected chi connectivity index (χ0v) is 14.2. The van der Waals surface area contributed by atoms with E-state index in [0.29, 0.717) is 18.2 Å². The van der Waals surface area contributed by atoms with Crippen LogP contribution in [0.3, 0.4) is 0 Å². The molecule has 1 saturated heterocycles. The number of anilines is 2. The van der Waals surface area contributed by atoms with Crippen LogP contribution in [-0.2, 0) is 0 Å². The minimum atomic E-state index is -0.326. The Morgan fingerprint density at radius 3 is 2.76 bits per heavy atom. The summed E-state index contributed by atoms with van der Waals surface area (Å²) in [5.41, 5.74) is 1.66. The highest BCUT2D eigenvalue weighted by atomic mass is 19.1. The summed E-state index contributed by atoms with van der Waals surface area (Å²) in [5.74, 6) is 0.919. The molecule has 1 fully saturated rings. The van der Waals surface area contributed by atoms with Gasteiger partial charge in [-0.2, -0.15) is 0 Å². The molecular formula is C19H22FN3O2. The van der Waals surface area contributed by atoms with E-state index in [4.69, 9.17) is 4.74 Å². The van der Waals surface area contributed by atoms with Crippen LogP contribution in [0.4, 0.5) is 20.6 Å². The number of hydrogen-bond acceptors (Lipinski definition) is 3. The molecule has 2 aromatic carbocycles. The number of para-hydroxylation sites is 2. The predicted octanol–water partition coefficient (Wildman–Crippen LogP) is 3.48. The van der Waals surface area contributed by atoms with E-state index in [1.54, 1.807) is 7.11 Å². The highest BCUT2D eigenvalue weighted by Gasteiger charge is 2.24. The van der Waals surface area contributed by atoms with E-state index in [1.807, 2.05) is 18.2 Å². The normalized spacial score (nSPS) is 16.6. The molecule has 0 aromatic heterocycles. The molecule has 6 heteroatoms. The first-order valence-corrected chi connectivity index (χ1v) is 8.34. The number of rotatable bonds is 5. The average molecular weight is 343 g/mol. The van der Waals surface area contributed by atoms with Gasteiger partial charge in [0.2, 0.25) is 0 Å². The Morgan fingerprint density at radius 1 is 1.24 bits per heavy atom. The third-order valence-corrected chi connectivity index (χ3v) is 4.37. The number of methoxy groups -OCH3 is 1. The molecule has 0 unspecified atom stereocenters. The summed E-state index contributed by atoms with van der Waals surface area (Å²) in [7, 11) is 1.67. The first-order chi connectivity index (χ1) is 12.2. The second-order valence-corrected chi connectivity index (χ2v) is 6.11. The third kappa shape index (κ3) is 4.41. The molecule has 1 aliphatic rings. The van der Waals surface area contributed by atoms with Crippen LogP contribution in [0.5, 0.6) is 5.75 Å². The number of benzene rings is 2. The minimum Gasteiger partial charge on any atom is -0.495 e. The van der Waals surface area contributed by atoms with Crippen LogP contribution < -0.4 is 20.3 Å². The lowest BCUT2D eigenvalue weighted by molar-refractivity contribution is 0.250. The first kappa shape index (κ1) is 17.1. The quantitative estimate of drug-likeness (QED) is 0.874. The molecule has 2 amide bonds. The number of urea groups is 1. The lowest BCUT2D eigenvalue weighted by Gasteiger charge is -2.21. The van der Waals surface area contributed by atoms with Crippen LogP contribution in [0, 0.1) is 11.7 Å². The van der Waals surface area contributed by atoms with Crippen molar-refractivity contribution in [2.75, 3.05) is 37.0 Å². The van der Waals surface area contributed by atoms with Crippen molar-refractivity contribution < 1.29 is 13.9 Å². The van der Waals surface area contributed by atoms with Crippen LogP contribution in [0.1, 0.15) is 6.42 Å². The average Bonchev–Trinajstić information content (AvgIpc) is 3.11. The number of hydrogen-bond donors (Lipinski definition) is 2. The van der Waals surface area contributed by atoms with E-state index in [-0.39, 0.29) is 11.8 Å². The summed E-state index contributed by atoms with van der Waals surface area (Å²) in [4.78, 5) is 14.2. The van der Waals surface area contributed by atoms with Crippen molar-refractivity contribution in [2.24, 2.45) is 5.92 Å². The fourth-order valence-electron chi connectivity index (χ4n) is 3.05. The molecule has 0 aliphatic carbocycles. The Kier molecular flexibility index (Phi) is 5.38. The van der Waals surface area contributed by atoms with Gasteiger partial charge in [0, 0.05) is 25.3 Å². The number of carbonyl (C=O) groups excluding carboxylic acids is 1. The Morgan fingerprint density at radius 2 is 2.00 bits per heavy atom. The maximum absolute atomic E-state index is 12.9. The van der Waals surface area contributed by atoms with Gasteiger partial charge in [0.15, 0.2) is 0 Å². The first-order valence-electron chi connectivity index (χ1n) is 8.34. The van der Waals surface area contributed by atoms with Gasteiger partial charge in [0.05, 0.1) is 12.8 Å². The summed E-state index contributed by atoms with van der Waals surface area (Å²) in [6, 6.07) is 13.4. The molecule has 2 aromatic rings. The fourth-order valence-corrected chi connectivity index (χ4v) is 3.05. The van der Waals surface area contributed by atoms with Gasteiger partial charge in [0.25, 0.3) is 0 Å². The molecule has 0 spiro atoms. The molecule has 0 bridgehead atoms. The van der Waals surface area contributed by atoms with Crippen LogP contribution in [0.2, 0.25) is 0 Å². The molecule has 0 radical (unpaired) electrons. The molecule has 1 heterocycles. The van der Waals surface area contributed by atoms with Crippen molar-refractivity contribution in [1.82, 2.24) is 5.32 Å². The molecule has 3 rings (SSSR count). The largest absolute Gasteiger partial charge is 0.495 e. The van der Waals surface area contributed by atoms with Crippen molar-refractivity contribution in [3.8, 4) is 5.75 Å². The summed E-state index contributed by atoms with van der Waals surface area (Å²) >= 11 is 0. The molecule has 25 heavy (non-hydrogen) atoms. The Labute approximate surface area is 146 Å². The Hall–Kier alpha value is -2.76. The maximum Gasteiger partial charge on any atom is 0.319 e. The van der Waals surface area contributed by atoms with Crippen LogP contribution in [0.25, 0.3) is 0 Å². The fraction of sp³-hybridized carbons (Fsp3) is 0.316. The predicted molar refractivity (Wildman–Crippen MR) is 96.7 cm³/mol. The molecule has 0 saturated carbocycles. The monoisotopic (exact) mass is 343 g/mol. The van der Waals surface area contributed by atoms with Gasteiger partial charge in [-0.3, -0.25) is 0 Å². The number of halogens is 1. The van der Waals surface area contributed by atoms with E-state index >= 15 is 0 Å². The zero-order valence-electron chi connectivity index (χ0n) is 14.2. The van der Waals surface area contributed by atoms with Gasteiger partial charge in [-0.05, 0) is 48.7 Å². The third-order valence-electron chi connectivity index (χ3n) is 4.37. The highest BCUT2D eigenvalue weighted by Crippen LogP contribution is 2.31. The SMILES string of the molecule is COc1ccccc1N1CC[C@@H](CNC(=O)Nc2ccc(F)cc2)C1. The van der Waals surface area contributed by atoms with E-state index < -0.39 is 0 Å². The van der Waals surface area contributed by atoms with Gasteiger partial charge in [0.1, 0.15) is 11.6 Å². The van der Waals surface area contributed by atoms with Gasteiger partial charge >= 0.3 is 6.03 Å². The van der Waals surface area contributed by atoms with Crippen molar-refractivity contribution in [3.63, 3.8) is 0 Å². The van der Waals surface area contributed by atoms with Crippen LogP contribution in [-0.4, -0.2) is 32.8 Å². The Bertz CT molecular complexity index is 721. The van der Waals surface area contributed by atoms with E-state index in [2.05, 4.69) is 21.6 Å². The van der Waals surface area contributed by atoms with Crippen molar-refractivity contribution in [1.29, 1.82) is 0 Å². The lowest BCUT2D eigenvalue weighted by Crippen LogP contribution is -2.34. The highest BCUT2D eigenvalue weighted by molar-refractivity contribution is 5.89. The van der Waals surface area contributed by atoms with Gasteiger partial charge in [-0.25, -0.2) is 9.18 Å². The number of nitrogens with zero attached hydrogens (tertiary/aromatic N) is 1. The van der Waals surface area contributed by atoms with Crippen molar-refractivity contribution >= 4 is 17.4 Å². The van der Waals surface area contributed by atoms with Crippen molar-refractivity contribution in [2.45, 2.75) is 6.42 Å². The van der Waals surface area contributed by atoms with Crippen molar-refractivity contribution in [3.05, 3.63) is 54.3 Å². The van der Waals surface area contributed by atoms with Crippen LogP contribution >= 0.6 is 0 Å². The van der Waals surface area contributed by atoms with E-state index in [0.717, 1.165) is 30.9 Å². The summed E-state index contributed by atoms with van der Waals surface area (Å²) < 4.78 is 18.3. The zero-order chi connectivity index (χ0) is 17.6. The lowest BCUT2D eigenvalue weighted by atomic mass is 10.1. The number of ether oxygens (including phenoxy) is 1. The second-order valence-electron chi connectivity index (χ2n) is 6.11. The smallest absolute Gasteiger partial charge is 0.319 e. The maximum atomic E-state index is 12.9. The number of carbonyl (C=O) groups is 1. The summed E-state index contributed by atoms with van der Waals surface area (Å²) in [5, 5.41) is 5.59. The molecular weight excluding hydrogens is 321 g/mol. The standard InChI is InChI=1S/C19H22FN3O2/c1-25-18-5-3-2-4-17(18)23-11-10-14(13-23)12-21-19(24)22-16-8-6-15(20)7-9-16/h2-9,14H,10-13H2,1H3,(H2,21,22,24)/t14-/m0/s1. The van der Waals surface area contributed by atoms with Gasteiger partial charge in [-0.15, -0.1) is 0 Å². The molecule has 1 aliphatic heterocycles. The molecule has 5 nitrogen and oxygen atoms in total. The van der Waals surface area contributed by atoms with Gasteiger partial charge < -0.3 is 20.3 Å². The molecule has 2 N–H and O–H groups in total. The Balaban J connectivity index is 1.48. The molecule has 132 valence electrons. The van der Waals surface area contributed by atoms with Crippen LogP contribution in [0.15, 0.2) is 48.5 Å². The van der Waals surface area contributed by atoms with E-state index in [1.165, 1.54) is 24.3 Å². The molecule has 1 atom stereocenters. The van der Waals surface area contributed by atoms with E-state index in [9.17, 15) is 9.18 Å². The summed E-state index contributed by atoms with van der Waals surface area (Å²) in [6.07, 6.45) is 1.01. The topological polar surface area (TPSA) is 53.6 Å². The summed E-state index contributed by atoms with van der Waals surface area (Å²) in [6.45, 7) is 2.40. The second kappa shape index (κ2) is 7.88. The van der Waals surface area contributed by atoms with Gasteiger partial charge in [-0.1, -0.05) is 12.1 Å². The minimum absolute atomic E-state index is 0.276.